The van der Waals surface area contributed by atoms with E-state index in [1.54, 1.807) is 18.5 Å². The highest BCUT2D eigenvalue weighted by molar-refractivity contribution is 5.96. The van der Waals surface area contributed by atoms with Crippen LogP contribution in [0.25, 0.3) is 10.9 Å². The van der Waals surface area contributed by atoms with Gasteiger partial charge in [0.2, 0.25) is 0 Å². The molecular weight excluding hydrogens is 176 g/mol. The van der Waals surface area contributed by atoms with E-state index in [0.717, 1.165) is 16.5 Å². The average molecular weight is 186 g/mol. The van der Waals surface area contributed by atoms with Crippen molar-refractivity contribution in [3.8, 4) is 0 Å². The molecule has 2 heterocycles. The van der Waals surface area contributed by atoms with E-state index in [4.69, 9.17) is 11.1 Å². The van der Waals surface area contributed by atoms with Gasteiger partial charge < -0.3 is 5.73 Å². The molecule has 2 rings (SSSR count). The van der Waals surface area contributed by atoms with E-state index in [0.29, 0.717) is 5.69 Å². The Bertz CT molecular complexity index is 504. The van der Waals surface area contributed by atoms with E-state index in [9.17, 15) is 0 Å². The number of nitrogens with two attached hydrogens (primary N) is 1. The number of hydrogen-bond donors (Lipinski definition) is 2. The van der Waals surface area contributed by atoms with Crippen LogP contribution in [0, 0.1) is 12.3 Å². The molecule has 4 nitrogen and oxygen atoms in total. The van der Waals surface area contributed by atoms with E-state index < -0.39 is 0 Å². The highest BCUT2D eigenvalue weighted by atomic mass is 14.8. The van der Waals surface area contributed by atoms with Gasteiger partial charge in [-0.3, -0.25) is 10.4 Å². The zero-order chi connectivity index (χ0) is 10.1. The molecule has 3 N–H and O–H groups in total. The Morgan fingerprint density at radius 2 is 2.29 bits per heavy atom. The van der Waals surface area contributed by atoms with E-state index in [2.05, 4.69) is 9.97 Å². The van der Waals surface area contributed by atoms with Crippen molar-refractivity contribution in [2.45, 2.75) is 6.92 Å². The van der Waals surface area contributed by atoms with Gasteiger partial charge in [-0.05, 0) is 24.6 Å². The molecule has 0 amide bonds. The lowest BCUT2D eigenvalue weighted by Gasteiger charge is -2.04. The van der Waals surface area contributed by atoms with E-state index in [1.807, 2.05) is 13.0 Å². The fourth-order valence-electron chi connectivity index (χ4n) is 1.40. The zero-order valence-corrected chi connectivity index (χ0v) is 7.78. The second kappa shape index (κ2) is 3.06. The lowest BCUT2D eigenvalue weighted by atomic mass is 10.1. The number of amidine groups is 1. The molecule has 0 atom stereocenters. The summed E-state index contributed by atoms with van der Waals surface area (Å²) in [6.07, 6.45) is 3.42. The van der Waals surface area contributed by atoms with Crippen LogP contribution >= 0.6 is 0 Å². The molecule has 2 aromatic rings. The Balaban J connectivity index is 2.77. The van der Waals surface area contributed by atoms with Crippen molar-refractivity contribution in [1.82, 2.24) is 9.97 Å². The van der Waals surface area contributed by atoms with Gasteiger partial charge in [0.15, 0.2) is 0 Å². The molecular formula is C10H10N4. The number of fused-ring (bicyclic) bond motifs is 1. The molecule has 0 aliphatic heterocycles. The van der Waals surface area contributed by atoms with Crippen molar-refractivity contribution < 1.29 is 0 Å². The molecule has 0 radical (unpaired) electrons. The first-order valence-electron chi connectivity index (χ1n) is 4.24. The summed E-state index contributed by atoms with van der Waals surface area (Å²) in [5.74, 6) is 0.00112. The van der Waals surface area contributed by atoms with Crippen molar-refractivity contribution in [3.05, 3.63) is 35.8 Å². The summed E-state index contributed by atoms with van der Waals surface area (Å²) in [7, 11) is 0. The number of nitrogens with one attached hydrogen (secondary N) is 1. The summed E-state index contributed by atoms with van der Waals surface area (Å²) in [5, 5.41) is 8.32. The SMILES string of the molecule is Cc1cc2cnccc2nc1C(=N)N. The van der Waals surface area contributed by atoms with Crippen LogP contribution in [0.4, 0.5) is 0 Å². The average Bonchev–Trinajstić information content (AvgIpc) is 2.16. The summed E-state index contributed by atoms with van der Waals surface area (Å²) >= 11 is 0. The minimum Gasteiger partial charge on any atom is -0.382 e. The van der Waals surface area contributed by atoms with Gasteiger partial charge in [0, 0.05) is 17.8 Å². The first-order chi connectivity index (χ1) is 6.68. The smallest absolute Gasteiger partial charge is 0.142 e. The van der Waals surface area contributed by atoms with Crippen molar-refractivity contribution in [2.75, 3.05) is 0 Å². The number of pyridine rings is 2. The second-order valence-corrected chi connectivity index (χ2v) is 3.14. The molecule has 0 saturated heterocycles. The van der Waals surface area contributed by atoms with Crippen LogP contribution in [-0.4, -0.2) is 15.8 Å². The lowest BCUT2D eigenvalue weighted by molar-refractivity contribution is 1.24. The van der Waals surface area contributed by atoms with Crippen LogP contribution in [0.15, 0.2) is 24.5 Å². The molecule has 0 aliphatic rings. The maximum absolute atomic E-state index is 7.35. The minimum absolute atomic E-state index is 0.00112. The van der Waals surface area contributed by atoms with E-state index in [1.165, 1.54) is 0 Å². The lowest BCUT2D eigenvalue weighted by Crippen LogP contribution is -2.14. The minimum atomic E-state index is 0.00112. The first-order valence-corrected chi connectivity index (χ1v) is 4.24. The summed E-state index contributed by atoms with van der Waals surface area (Å²) in [6, 6.07) is 3.74. The topological polar surface area (TPSA) is 75.7 Å². The molecule has 0 aromatic carbocycles. The van der Waals surface area contributed by atoms with Crippen molar-refractivity contribution >= 4 is 16.7 Å². The fourth-order valence-corrected chi connectivity index (χ4v) is 1.40. The number of nitrogen functional groups attached to an aromatic ring is 1. The third-order valence-corrected chi connectivity index (χ3v) is 2.06. The van der Waals surface area contributed by atoms with Gasteiger partial charge in [-0.15, -0.1) is 0 Å². The number of rotatable bonds is 1. The van der Waals surface area contributed by atoms with Crippen LogP contribution in [0.5, 0.6) is 0 Å². The molecule has 0 unspecified atom stereocenters. The Hall–Kier alpha value is -1.97. The van der Waals surface area contributed by atoms with Crippen molar-refractivity contribution in [3.63, 3.8) is 0 Å². The maximum Gasteiger partial charge on any atom is 0.142 e. The predicted octanol–water partition coefficient (Wildman–Crippen LogP) is 1.22. The molecule has 2 aromatic heterocycles. The Morgan fingerprint density at radius 1 is 1.50 bits per heavy atom. The molecule has 0 aliphatic carbocycles. The number of hydrogen-bond acceptors (Lipinski definition) is 3. The number of nitrogens with zero attached hydrogens (tertiary/aromatic N) is 2. The van der Waals surface area contributed by atoms with Crippen LogP contribution in [0.3, 0.4) is 0 Å². The Morgan fingerprint density at radius 3 is 3.00 bits per heavy atom. The Kier molecular flexibility index (Phi) is 1.89. The zero-order valence-electron chi connectivity index (χ0n) is 7.78. The first kappa shape index (κ1) is 8.62. The highest BCUT2D eigenvalue weighted by Gasteiger charge is 2.05. The van der Waals surface area contributed by atoms with Crippen LogP contribution in [0.2, 0.25) is 0 Å². The third-order valence-electron chi connectivity index (χ3n) is 2.06. The maximum atomic E-state index is 7.35. The fraction of sp³-hybridized carbons (Fsp3) is 0.100. The van der Waals surface area contributed by atoms with E-state index >= 15 is 0 Å². The van der Waals surface area contributed by atoms with Gasteiger partial charge in [0.25, 0.3) is 0 Å². The predicted molar refractivity (Wildman–Crippen MR) is 55.3 cm³/mol. The van der Waals surface area contributed by atoms with Crippen LogP contribution in [0.1, 0.15) is 11.3 Å². The number of aromatic nitrogens is 2. The normalized spacial score (nSPS) is 10.4. The van der Waals surface area contributed by atoms with Gasteiger partial charge in [-0.25, -0.2) is 4.98 Å². The monoisotopic (exact) mass is 186 g/mol. The molecule has 0 saturated carbocycles. The quantitative estimate of drug-likeness (QED) is 0.519. The molecule has 0 fully saturated rings. The van der Waals surface area contributed by atoms with Crippen LogP contribution < -0.4 is 5.73 Å². The highest BCUT2D eigenvalue weighted by Crippen LogP contribution is 2.14. The standard InChI is InChI=1S/C10H10N4/c1-6-4-7-5-13-3-2-8(7)14-9(6)10(11)12/h2-5H,1H3,(H3,11,12). The van der Waals surface area contributed by atoms with Crippen molar-refractivity contribution in [1.29, 1.82) is 5.41 Å². The Labute approximate surface area is 81.3 Å². The van der Waals surface area contributed by atoms with Crippen LogP contribution in [-0.2, 0) is 0 Å². The molecule has 14 heavy (non-hydrogen) atoms. The molecule has 4 heteroatoms. The molecule has 0 spiro atoms. The van der Waals surface area contributed by atoms with Gasteiger partial charge in [0.1, 0.15) is 11.5 Å². The summed E-state index contributed by atoms with van der Waals surface area (Å²) < 4.78 is 0. The number of aryl methyl sites for hydroxylation is 1. The largest absolute Gasteiger partial charge is 0.382 e. The van der Waals surface area contributed by atoms with Gasteiger partial charge in [-0.1, -0.05) is 0 Å². The third kappa shape index (κ3) is 1.31. The van der Waals surface area contributed by atoms with Gasteiger partial charge in [0.05, 0.1) is 5.52 Å². The molecule has 0 bridgehead atoms. The van der Waals surface area contributed by atoms with E-state index in [-0.39, 0.29) is 5.84 Å². The molecule has 70 valence electrons. The second-order valence-electron chi connectivity index (χ2n) is 3.14. The van der Waals surface area contributed by atoms with Crippen molar-refractivity contribution in [2.24, 2.45) is 5.73 Å². The summed E-state index contributed by atoms with van der Waals surface area (Å²) in [4.78, 5) is 8.29. The summed E-state index contributed by atoms with van der Waals surface area (Å²) in [6.45, 7) is 1.89. The van der Waals surface area contributed by atoms with Gasteiger partial charge >= 0.3 is 0 Å². The summed E-state index contributed by atoms with van der Waals surface area (Å²) in [5.41, 5.74) is 7.67. The van der Waals surface area contributed by atoms with Gasteiger partial charge in [-0.2, -0.15) is 0 Å².